The average molecular weight is 388 g/mol. The maximum atomic E-state index is 12.6. The van der Waals surface area contributed by atoms with Gasteiger partial charge in [0.15, 0.2) is 0 Å². The van der Waals surface area contributed by atoms with E-state index in [1.54, 1.807) is 29.2 Å². The van der Waals surface area contributed by atoms with E-state index in [1.165, 1.54) is 0 Å². The lowest BCUT2D eigenvalue weighted by Crippen LogP contribution is -2.40. The number of likely N-dealkylation sites (tertiary alicyclic amines) is 1. The summed E-state index contributed by atoms with van der Waals surface area (Å²) in [6.45, 7) is 5.12. The maximum Gasteiger partial charge on any atom is 0.306 e. The van der Waals surface area contributed by atoms with Crippen LogP contribution in [0.2, 0.25) is 0 Å². The zero-order valence-corrected chi connectivity index (χ0v) is 16.3. The minimum absolute atomic E-state index is 0.106. The van der Waals surface area contributed by atoms with Crippen LogP contribution in [0.3, 0.4) is 0 Å². The van der Waals surface area contributed by atoms with Crippen LogP contribution in [0.5, 0.6) is 0 Å². The lowest BCUT2D eigenvalue weighted by atomic mass is 9.96. The molecule has 0 bridgehead atoms. The van der Waals surface area contributed by atoms with Gasteiger partial charge in [-0.2, -0.15) is 0 Å². The molecule has 1 aromatic carbocycles. The second-order valence-electron chi connectivity index (χ2n) is 7.90. The molecule has 3 rings (SSSR count). The molecule has 2 aliphatic heterocycles. The molecular formula is C20H28N4O4. The maximum absolute atomic E-state index is 12.6. The number of rotatable bonds is 5. The van der Waals surface area contributed by atoms with Gasteiger partial charge in [0.2, 0.25) is 5.91 Å². The van der Waals surface area contributed by atoms with Crippen molar-refractivity contribution in [3.8, 4) is 0 Å². The van der Waals surface area contributed by atoms with E-state index >= 15 is 0 Å². The monoisotopic (exact) mass is 388 g/mol. The lowest BCUT2D eigenvalue weighted by molar-refractivity contribution is -0.143. The first kappa shape index (κ1) is 20.3. The SMILES string of the molecule is CC(C)C1CC(C(=O)Nc2ccc(C(=O)N3CCC(C(=O)O)CC3)cc2)NN1. The van der Waals surface area contributed by atoms with Crippen molar-refractivity contribution in [3.63, 3.8) is 0 Å². The predicted octanol–water partition coefficient (Wildman–Crippen LogP) is 1.45. The summed E-state index contributed by atoms with van der Waals surface area (Å²) < 4.78 is 0. The van der Waals surface area contributed by atoms with E-state index in [2.05, 4.69) is 30.0 Å². The van der Waals surface area contributed by atoms with Crippen LogP contribution in [0.4, 0.5) is 5.69 Å². The van der Waals surface area contributed by atoms with Crippen LogP contribution >= 0.6 is 0 Å². The van der Waals surface area contributed by atoms with Gasteiger partial charge in [0.25, 0.3) is 5.91 Å². The highest BCUT2D eigenvalue weighted by atomic mass is 16.4. The number of nitrogens with zero attached hydrogens (tertiary/aromatic N) is 1. The highest BCUT2D eigenvalue weighted by Crippen LogP contribution is 2.20. The minimum Gasteiger partial charge on any atom is -0.481 e. The molecule has 2 unspecified atom stereocenters. The van der Waals surface area contributed by atoms with E-state index in [9.17, 15) is 14.4 Å². The number of piperidine rings is 1. The third-order valence-electron chi connectivity index (χ3n) is 5.58. The number of carboxylic acid groups (broad SMARTS) is 1. The number of carbonyl (C=O) groups is 3. The summed E-state index contributed by atoms with van der Waals surface area (Å²) in [5.41, 5.74) is 7.35. The number of carbonyl (C=O) groups excluding carboxylic acids is 2. The quantitative estimate of drug-likeness (QED) is 0.608. The Morgan fingerprint density at radius 3 is 2.29 bits per heavy atom. The lowest BCUT2D eigenvalue weighted by Gasteiger charge is -2.30. The Morgan fingerprint density at radius 2 is 1.75 bits per heavy atom. The van der Waals surface area contributed by atoms with E-state index in [4.69, 9.17) is 5.11 Å². The number of hydrogen-bond donors (Lipinski definition) is 4. The van der Waals surface area contributed by atoms with Crippen molar-refractivity contribution in [2.24, 2.45) is 11.8 Å². The molecule has 2 saturated heterocycles. The molecule has 8 heteroatoms. The second-order valence-corrected chi connectivity index (χ2v) is 7.90. The summed E-state index contributed by atoms with van der Waals surface area (Å²) in [6, 6.07) is 6.80. The summed E-state index contributed by atoms with van der Waals surface area (Å²) in [6.07, 6.45) is 1.69. The first-order chi connectivity index (χ1) is 13.3. The van der Waals surface area contributed by atoms with Gasteiger partial charge in [-0.3, -0.25) is 19.8 Å². The van der Waals surface area contributed by atoms with Crippen LogP contribution in [0.25, 0.3) is 0 Å². The number of hydrazine groups is 1. The highest BCUT2D eigenvalue weighted by molar-refractivity contribution is 5.97. The van der Waals surface area contributed by atoms with Crippen molar-refractivity contribution in [2.45, 2.75) is 45.2 Å². The van der Waals surface area contributed by atoms with Gasteiger partial charge in [-0.15, -0.1) is 0 Å². The third kappa shape index (κ3) is 4.69. The molecule has 2 fully saturated rings. The minimum atomic E-state index is -0.793. The molecule has 8 nitrogen and oxygen atoms in total. The molecule has 28 heavy (non-hydrogen) atoms. The Kier molecular flexibility index (Phi) is 6.31. The zero-order valence-electron chi connectivity index (χ0n) is 16.3. The van der Waals surface area contributed by atoms with Gasteiger partial charge >= 0.3 is 5.97 Å². The fourth-order valence-corrected chi connectivity index (χ4v) is 3.63. The first-order valence-electron chi connectivity index (χ1n) is 9.79. The standard InChI is InChI=1S/C20H28N4O4/c1-12(2)16-11-17(23-22-16)18(25)21-15-5-3-13(4-6-15)19(26)24-9-7-14(8-10-24)20(27)28/h3-6,12,14,16-17,22-23H,7-11H2,1-2H3,(H,21,25)(H,27,28). The molecule has 0 aliphatic carbocycles. The van der Waals surface area contributed by atoms with Crippen molar-refractivity contribution in [1.82, 2.24) is 15.8 Å². The Labute approximate surface area is 164 Å². The number of carboxylic acids is 1. The van der Waals surface area contributed by atoms with Gasteiger partial charge in [0.05, 0.1) is 5.92 Å². The van der Waals surface area contributed by atoms with Crippen molar-refractivity contribution in [3.05, 3.63) is 29.8 Å². The Hall–Kier alpha value is -2.45. The topological polar surface area (TPSA) is 111 Å². The molecule has 2 atom stereocenters. The highest BCUT2D eigenvalue weighted by Gasteiger charge is 2.31. The molecule has 2 heterocycles. The normalized spacial score (nSPS) is 23.0. The van der Waals surface area contributed by atoms with E-state index in [1.807, 2.05) is 0 Å². The summed E-state index contributed by atoms with van der Waals surface area (Å²) in [7, 11) is 0. The number of anilines is 1. The van der Waals surface area contributed by atoms with Crippen LogP contribution in [0, 0.1) is 11.8 Å². The van der Waals surface area contributed by atoms with E-state index < -0.39 is 5.97 Å². The number of hydrogen-bond acceptors (Lipinski definition) is 5. The van der Waals surface area contributed by atoms with E-state index in [0.717, 1.165) is 6.42 Å². The smallest absolute Gasteiger partial charge is 0.306 e. The number of benzene rings is 1. The Bertz CT molecular complexity index is 726. The van der Waals surface area contributed by atoms with Crippen LogP contribution in [-0.4, -0.2) is 53.0 Å². The molecule has 152 valence electrons. The number of nitrogens with one attached hydrogen (secondary N) is 3. The molecule has 2 aliphatic rings. The largest absolute Gasteiger partial charge is 0.481 e. The van der Waals surface area contributed by atoms with Gasteiger partial charge in [-0.05, 0) is 49.4 Å². The molecule has 2 amide bonds. The van der Waals surface area contributed by atoms with Crippen molar-refractivity contribution >= 4 is 23.5 Å². The van der Waals surface area contributed by atoms with Crippen molar-refractivity contribution in [1.29, 1.82) is 0 Å². The predicted molar refractivity (Wildman–Crippen MR) is 105 cm³/mol. The van der Waals surface area contributed by atoms with E-state index in [0.29, 0.717) is 43.1 Å². The van der Waals surface area contributed by atoms with Crippen LogP contribution in [-0.2, 0) is 9.59 Å². The van der Waals surface area contributed by atoms with E-state index in [-0.39, 0.29) is 29.8 Å². The van der Waals surface area contributed by atoms with Gasteiger partial charge in [0.1, 0.15) is 6.04 Å². The van der Waals surface area contributed by atoms with Gasteiger partial charge < -0.3 is 15.3 Å². The summed E-state index contributed by atoms with van der Waals surface area (Å²) in [5.74, 6) is -0.931. The number of amides is 2. The molecular weight excluding hydrogens is 360 g/mol. The van der Waals surface area contributed by atoms with Crippen molar-refractivity contribution in [2.75, 3.05) is 18.4 Å². The number of aliphatic carboxylic acids is 1. The second kappa shape index (κ2) is 8.70. The van der Waals surface area contributed by atoms with Gasteiger partial charge in [-0.1, -0.05) is 13.8 Å². The molecule has 0 radical (unpaired) electrons. The van der Waals surface area contributed by atoms with Crippen LogP contribution in [0.15, 0.2) is 24.3 Å². The fourth-order valence-electron chi connectivity index (χ4n) is 3.63. The summed E-state index contributed by atoms with van der Waals surface area (Å²) >= 11 is 0. The summed E-state index contributed by atoms with van der Waals surface area (Å²) in [4.78, 5) is 37.7. The van der Waals surface area contributed by atoms with Gasteiger partial charge in [0, 0.05) is 30.4 Å². The van der Waals surface area contributed by atoms with Crippen LogP contribution < -0.4 is 16.2 Å². The van der Waals surface area contributed by atoms with Crippen LogP contribution in [0.1, 0.15) is 43.5 Å². The molecule has 0 saturated carbocycles. The average Bonchev–Trinajstić information content (AvgIpc) is 3.19. The molecule has 4 N–H and O–H groups in total. The molecule has 1 aromatic rings. The Morgan fingerprint density at radius 1 is 1.11 bits per heavy atom. The Balaban J connectivity index is 1.53. The van der Waals surface area contributed by atoms with Crippen molar-refractivity contribution < 1.29 is 19.5 Å². The fraction of sp³-hybridized carbons (Fsp3) is 0.550. The molecule has 0 aromatic heterocycles. The first-order valence-corrected chi connectivity index (χ1v) is 9.79. The third-order valence-corrected chi connectivity index (χ3v) is 5.58. The summed E-state index contributed by atoms with van der Waals surface area (Å²) in [5, 5.41) is 11.9. The van der Waals surface area contributed by atoms with Gasteiger partial charge in [-0.25, -0.2) is 5.43 Å². The zero-order chi connectivity index (χ0) is 20.3. The molecule has 0 spiro atoms.